The molecule has 0 saturated carbocycles. The van der Waals surface area contributed by atoms with E-state index in [2.05, 4.69) is 15.9 Å². The van der Waals surface area contributed by atoms with Crippen LogP contribution in [0.2, 0.25) is 0 Å². The van der Waals surface area contributed by atoms with Crippen molar-refractivity contribution < 1.29 is 14.7 Å². The molecular formula is C12H14BrNO3S. The first-order valence-corrected chi connectivity index (χ1v) is 7.48. The van der Waals surface area contributed by atoms with Crippen LogP contribution in [-0.4, -0.2) is 34.0 Å². The van der Waals surface area contributed by atoms with Gasteiger partial charge in [-0.3, -0.25) is 4.79 Å². The summed E-state index contributed by atoms with van der Waals surface area (Å²) in [5.74, 6) is -1.08. The molecule has 6 heteroatoms. The molecule has 2 heterocycles. The highest BCUT2D eigenvalue weighted by atomic mass is 79.9. The molecule has 1 atom stereocenters. The summed E-state index contributed by atoms with van der Waals surface area (Å²) >= 11 is 4.74. The second-order valence-corrected chi connectivity index (χ2v) is 6.68. The van der Waals surface area contributed by atoms with Crippen molar-refractivity contribution in [2.45, 2.75) is 31.7 Å². The maximum absolute atomic E-state index is 12.4. The summed E-state index contributed by atoms with van der Waals surface area (Å²) in [6.45, 7) is 2.34. The van der Waals surface area contributed by atoms with E-state index in [-0.39, 0.29) is 5.91 Å². The van der Waals surface area contributed by atoms with Gasteiger partial charge in [-0.1, -0.05) is 6.92 Å². The van der Waals surface area contributed by atoms with Crippen molar-refractivity contribution in [2.75, 3.05) is 6.54 Å². The molecule has 0 aliphatic carbocycles. The van der Waals surface area contributed by atoms with Gasteiger partial charge in [0.05, 0.1) is 9.35 Å². The number of nitrogens with zero attached hydrogens (tertiary/aromatic N) is 1. The van der Waals surface area contributed by atoms with E-state index >= 15 is 0 Å². The first-order chi connectivity index (χ1) is 8.51. The van der Waals surface area contributed by atoms with Gasteiger partial charge < -0.3 is 10.0 Å². The Morgan fingerprint density at radius 2 is 2.33 bits per heavy atom. The lowest BCUT2D eigenvalue weighted by Crippen LogP contribution is -2.52. The summed E-state index contributed by atoms with van der Waals surface area (Å²) in [5, 5.41) is 11.2. The van der Waals surface area contributed by atoms with Gasteiger partial charge in [-0.2, -0.15) is 0 Å². The molecule has 1 amide bonds. The Labute approximate surface area is 118 Å². The van der Waals surface area contributed by atoms with Gasteiger partial charge in [0.1, 0.15) is 5.54 Å². The van der Waals surface area contributed by atoms with Crippen LogP contribution < -0.4 is 0 Å². The van der Waals surface area contributed by atoms with Crippen LogP contribution in [-0.2, 0) is 4.79 Å². The van der Waals surface area contributed by atoms with Crippen LogP contribution >= 0.6 is 27.3 Å². The third-order valence-electron chi connectivity index (χ3n) is 3.53. The fourth-order valence-electron chi connectivity index (χ4n) is 2.49. The van der Waals surface area contributed by atoms with Crippen LogP contribution in [0.1, 0.15) is 36.5 Å². The largest absolute Gasteiger partial charge is 0.479 e. The minimum absolute atomic E-state index is 0.182. The highest BCUT2D eigenvalue weighted by molar-refractivity contribution is 9.11. The van der Waals surface area contributed by atoms with Crippen LogP contribution in [0.15, 0.2) is 15.2 Å². The number of hydrogen-bond acceptors (Lipinski definition) is 3. The summed E-state index contributed by atoms with van der Waals surface area (Å²) < 4.78 is 0.877. The van der Waals surface area contributed by atoms with Gasteiger partial charge in [-0.15, -0.1) is 11.3 Å². The van der Waals surface area contributed by atoms with E-state index in [1.165, 1.54) is 16.2 Å². The molecule has 0 radical (unpaired) electrons. The van der Waals surface area contributed by atoms with Gasteiger partial charge in [0.15, 0.2) is 0 Å². The summed E-state index contributed by atoms with van der Waals surface area (Å²) in [4.78, 5) is 25.4. The molecule has 1 aliphatic rings. The molecule has 1 aromatic rings. The molecule has 4 nitrogen and oxygen atoms in total. The van der Waals surface area contributed by atoms with E-state index in [0.29, 0.717) is 24.9 Å². The lowest BCUT2D eigenvalue weighted by Gasteiger charge is -2.33. The summed E-state index contributed by atoms with van der Waals surface area (Å²) in [7, 11) is 0. The minimum Gasteiger partial charge on any atom is -0.479 e. The molecule has 98 valence electrons. The molecule has 0 aromatic carbocycles. The smallest absolute Gasteiger partial charge is 0.329 e. The van der Waals surface area contributed by atoms with Crippen molar-refractivity contribution in [1.29, 1.82) is 0 Å². The van der Waals surface area contributed by atoms with Crippen molar-refractivity contribution in [3.05, 3.63) is 20.8 Å². The number of amides is 1. The summed E-state index contributed by atoms with van der Waals surface area (Å²) in [6, 6.07) is 1.74. The normalized spacial score (nSPS) is 23.3. The number of likely N-dealkylation sites (tertiary alicyclic amines) is 1. The second-order valence-electron chi connectivity index (χ2n) is 4.39. The zero-order valence-corrected chi connectivity index (χ0v) is 12.4. The number of rotatable bonds is 3. The Morgan fingerprint density at radius 3 is 2.83 bits per heavy atom. The van der Waals surface area contributed by atoms with Crippen LogP contribution in [0, 0.1) is 0 Å². The molecule has 1 aliphatic heterocycles. The Balaban J connectivity index is 2.32. The fourth-order valence-corrected chi connectivity index (χ4v) is 3.62. The zero-order chi connectivity index (χ0) is 13.3. The predicted molar refractivity (Wildman–Crippen MR) is 72.9 cm³/mol. The molecule has 1 unspecified atom stereocenters. The van der Waals surface area contributed by atoms with E-state index in [4.69, 9.17) is 0 Å². The highest BCUT2D eigenvalue weighted by Crippen LogP contribution is 2.35. The fraction of sp³-hybridized carbons (Fsp3) is 0.500. The number of carboxylic acid groups (broad SMARTS) is 1. The van der Waals surface area contributed by atoms with Gasteiger partial charge >= 0.3 is 5.97 Å². The molecule has 1 saturated heterocycles. The number of halogens is 1. The van der Waals surface area contributed by atoms with Gasteiger partial charge in [0.2, 0.25) is 0 Å². The minimum atomic E-state index is -1.02. The SMILES string of the molecule is CCC1(C(=O)O)CCCN1C(=O)c1csc(Br)c1. The molecule has 1 fully saturated rings. The third kappa shape index (κ3) is 2.07. The van der Waals surface area contributed by atoms with Gasteiger partial charge in [0.25, 0.3) is 5.91 Å². The lowest BCUT2D eigenvalue weighted by molar-refractivity contribution is -0.148. The maximum Gasteiger partial charge on any atom is 0.329 e. The molecule has 0 spiro atoms. The Kier molecular flexibility index (Phi) is 3.77. The number of thiophene rings is 1. The monoisotopic (exact) mass is 331 g/mol. The average Bonchev–Trinajstić information content (AvgIpc) is 2.94. The van der Waals surface area contributed by atoms with E-state index in [9.17, 15) is 14.7 Å². The molecule has 1 N–H and O–H groups in total. The Bertz CT molecular complexity index is 487. The molecular weight excluding hydrogens is 318 g/mol. The molecule has 1 aromatic heterocycles. The first-order valence-electron chi connectivity index (χ1n) is 5.80. The van der Waals surface area contributed by atoms with Gasteiger partial charge in [-0.25, -0.2) is 4.79 Å². The van der Waals surface area contributed by atoms with Crippen LogP contribution in [0.25, 0.3) is 0 Å². The number of aliphatic carboxylic acids is 1. The van der Waals surface area contributed by atoms with Crippen molar-refractivity contribution in [3.8, 4) is 0 Å². The van der Waals surface area contributed by atoms with Crippen LogP contribution in [0.3, 0.4) is 0 Å². The topological polar surface area (TPSA) is 57.6 Å². The van der Waals surface area contributed by atoms with Crippen molar-refractivity contribution in [2.24, 2.45) is 0 Å². The molecule has 18 heavy (non-hydrogen) atoms. The van der Waals surface area contributed by atoms with Crippen LogP contribution in [0.5, 0.6) is 0 Å². The van der Waals surface area contributed by atoms with E-state index in [1.54, 1.807) is 11.4 Å². The van der Waals surface area contributed by atoms with Crippen molar-refractivity contribution in [3.63, 3.8) is 0 Å². The highest BCUT2D eigenvalue weighted by Gasteiger charge is 2.48. The first kappa shape index (κ1) is 13.5. The summed E-state index contributed by atoms with van der Waals surface area (Å²) in [5.41, 5.74) is -0.460. The van der Waals surface area contributed by atoms with Crippen LogP contribution in [0.4, 0.5) is 0 Å². The number of hydrogen-bond donors (Lipinski definition) is 1. The van der Waals surface area contributed by atoms with E-state index in [0.717, 1.165) is 10.2 Å². The second kappa shape index (κ2) is 5.01. The zero-order valence-electron chi connectivity index (χ0n) is 9.98. The van der Waals surface area contributed by atoms with Gasteiger partial charge in [0, 0.05) is 11.9 Å². The molecule has 2 rings (SSSR count). The van der Waals surface area contributed by atoms with Crippen molar-refractivity contribution >= 4 is 39.1 Å². The standard InChI is InChI=1S/C12H14BrNO3S/c1-2-12(11(16)17)4-3-5-14(12)10(15)8-6-9(13)18-7-8/h6-7H,2-5H2,1H3,(H,16,17). The lowest BCUT2D eigenvalue weighted by atomic mass is 9.92. The molecule has 0 bridgehead atoms. The number of carbonyl (C=O) groups excluding carboxylic acids is 1. The maximum atomic E-state index is 12.4. The Morgan fingerprint density at radius 1 is 1.61 bits per heavy atom. The van der Waals surface area contributed by atoms with Gasteiger partial charge in [-0.05, 0) is 41.3 Å². The van der Waals surface area contributed by atoms with Crippen molar-refractivity contribution in [1.82, 2.24) is 4.90 Å². The number of carbonyl (C=O) groups is 2. The van der Waals surface area contributed by atoms with E-state index in [1.807, 2.05) is 6.92 Å². The Hall–Kier alpha value is -0.880. The average molecular weight is 332 g/mol. The summed E-state index contributed by atoms with van der Waals surface area (Å²) in [6.07, 6.45) is 1.73. The van der Waals surface area contributed by atoms with E-state index < -0.39 is 11.5 Å². The third-order valence-corrected chi connectivity index (χ3v) is 5.04. The number of carboxylic acids is 1. The quantitative estimate of drug-likeness (QED) is 0.926. The predicted octanol–water partition coefficient (Wildman–Crippen LogP) is 2.98.